The zero-order valence-electron chi connectivity index (χ0n) is 9.95. The minimum atomic E-state index is -2.08. The maximum absolute atomic E-state index is 10.4. The molecule has 0 spiro atoms. The van der Waals surface area contributed by atoms with E-state index in [0.717, 1.165) is 38.8 Å². The van der Waals surface area contributed by atoms with Gasteiger partial charge in [-0.2, -0.15) is 0 Å². The van der Waals surface area contributed by atoms with E-state index in [1.807, 2.05) is 0 Å². The highest BCUT2D eigenvalue weighted by Crippen LogP contribution is 2.26. The first-order valence-corrected chi connectivity index (χ1v) is 7.23. The Morgan fingerprint density at radius 1 is 0.875 bits per heavy atom. The minimum absolute atomic E-state index is 0.595. The topological polar surface area (TPSA) is 87.6 Å². The molecule has 0 unspecified atom stereocenters. The SMILES string of the molecule is NCCCCCCN.O=[PH]1OCCCCO1. The standard InChI is InChI=1S/C6H16N2.C4H9O3P/c7-5-3-1-2-4-6-8;5-8-6-3-1-2-4-7-8/h1-8H2;8H,1-4H2. The second kappa shape index (κ2) is 13.1. The summed E-state index contributed by atoms with van der Waals surface area (Å²) in [7, 11) is -2.08. The largest absolute Gasteiger partial charge is 0.330 e. The van der Waals surface area contributed by atoms with Crippen LogP contribution in [0.5, 0.6) is 0 Å². The van der Waals surface area contributed by atoms with Crippen molar-refractivity contribution in [1.82, 2.24) is 0 Å². The van der Waals surface area contributed by atoms with Crippen LogP contribution in [0.25, 0.3) is 0 Å². The van der Waals surface area contributed by atoms with Crippen molar-refractivity contribution in [1.29, 1.82) is 0 Å². The Balaban J connectivity index is 0.000000281. The molecular weight excluding hydrogens is 227 g/mol. The third-order valence-electron chi connectivity index (χ3n) is 2.14. The van der Waals surface area contributed by atoms with Crippen LogP contribution in [0.4, 0.5) is 0 Å². The van der Waals surface area contributed by atoms with Gasteiger partial charge in [0.1, 0.15) is 0 Å². The highest BCUT2D eigenvalue weighted by atomic mass is 31.1. The van der Waals surface area contributed by atoms with E-state index in [4.69, 9.17) is 20.5 Å². The van der Waals surface area contributed by atoms with Crippen LogP contribution < -0.4 is 11.5 Å². The fraction of sp³-hybridized carbons (Fsp3) is 1.00. The number of nitrogens with two attached hydrogens (primary N) is 2. The van der Waals surface area contributed by atoms with E-state index in [0.29, 0.717) is 13.2 Å². The van der Waals surface area contributed by atoms with Gasteiger partial charge in [-0.05, 0) is 38.8 Å². The van der Waals surface area contributed by atoms with E-state index < -0.39 is 8.25 Å². The monoisotopic (exact) mass is 252 g/mol. The van der Waals surface area contributed by atoms with Crippen LogP contribution in [0.2, 0.25) is 0 Å². The molecule has 16 heavy (non-hydrogen) atoms. The summed E-state index contributed by atoms with van der Waals surface area (Å²) in [6, 6.07) is 0. The predicted molar refractivity (Wildman–Crippen MR) is 66.7 cm³/mol. The Labute approximate surface area is 98.8 Å². The quantitative estimate of drug-likeness (QED) is 0.574. The Bertz CT molecular complexity index is 154. The lowest BCUT2D eigenvalue weighted by molar-refractivity contribution is 0.263. The third kappa shape index (κ3) is 12.1. The van der Waals surface area contributed by atoms with Crippen LogP contribution in [0, 0.1) is 0 Å². The molecule has 1 heterocycles. The van der Waals surface area contributed by atoms with Crippen molar-refractivity contribution in [3.8, 4) is 0 Å². The first kappa shape index (κ1) is 16.1. The van der Waals surface area contributed by atoms with E-state index in [1.165, 1.54) is 12.8 Å². The summed E-state index contributed by atoms with van der Waals surface area (Å²) in [6.07, 6.45) is 6.73. The highest BCUT2D eigenvalue weighted by Gasteiger charge is 2.03. The predicted octanol–water partition coefficient (Wildman–Crippen LogP) is 1.67. The fourth-order valence-corrected chi connectivity index (χ4v) is 1.90. The molecule has 1 fully saturated rings. The average molecular weight is 252 g/mol. The zero-order valence-corrected chi connectivity index (χ0v) is 11.0. The van der Waals surface area contributed by atoms with Gasteiger partial charge in [-0.3, -0.25) is 4.57 Å². The van der Waals surface area contributed by atoms with Crippen molar-refractivity contribution in [2.45, 2.75) is 38.5 Å². The van der Waals surface area contributed by atoms with Gasteiger partial charge in [0.15, 0.2) is 0 Å². The maximum Gasteiger partial charge on any atom is 0.319 e. The lowest BCUT2D eigenvalue weighted by atomic mass is 10.2. The molecule has 4 N–H and O–H groups in total. The van der Waals surface area contributed by atoms with Crippen molar-refractivity contribution in [2.24, 2.45) is 11.5 Å². The summed E-state index contributed by atoms with van der Waals surface area (Å²) >= 11 is 0. The molecule has 0 bridgehead atoms. The van der Waals surface area contributed by atoms with Crippen LogP contribution in [0.3, 0.4) is 0 Å². The molecule has 0 aromatic carbocycles. The van der Waals surface area contributed by atoms with Crippen LogP contribution in [0.15, 0.2) is 0 Å². The number of hydrogen-bond donors (Lipinski definition) is 2. The Hall–Kier alpha value is 0.0700. The number of unbranched alkanes of at least 4 members (excludes halogenated alkanes) is 3. The smallest absolute Gasteiger partial charge is 0.319 e. The first-order chi connectivity index (χ1) is 7.81. The molecule has 6 heteroatoms. The normalized spacial score (nSPS) is 17.4. The average Bonchev–Trinajstić information content (AvgIpc) is 2.53. The third-order valence-corrected chi connectivity index (χ3v) is 3.02. The molecule has 5 nitrogen and oxygen atoms in total. The molecule has 0 aliphatic carbocycles. The molecule has 0 aromatic heterocycles. The van der Waals surface area contributed by atoms with Gasteiger partial charge in [-0.1, -0.05) is 12.8 Å². The van der Waals surface area contributed by atoms with Crippen molar-refractivity contribution in [3.63, 3.8) is 0 Å². The zero-order chi connectivity index (χ0) is 12.1. The Kier molecular flexibility index (Phi) is 13.2. The van der Waals surface area contributed by atoms with Crippen LogP contribution in [-0.4, -0.2) is 26.3 Å². The number of rotatable bonds is 5. The van der Waals surface area contributed by atoms with Gasteiger partial charge >= 0.3 is 8.25 Å². The van der Waals surface area contributed by atoms with Gasteiger partial charge in [0.2, 0.25) is 0 Å². The molecule has 0 amide bonds. The molecule has 1 aliphatic rings. The van der Waals surface area contributed by atoms with E-state index >= 15 is 0 Å². The van der Waals surface area contributed by atoms with E-state index in [1.54, 1.807) is 0 Å². The highest BCUT2D eigenvalue weighted by molar-refractivity contribution is 7.33. The second-order valence-corrected chi connectivity index (χ2v) is 4.72. The van der Waals surface area contributed by atoms with Gasteiger partial charge < -0.3 is 20.5 Å². The van der Waals surface area contributed by atoms with Gasteiger partial charge in [-0.25, -0.2) is 0 Å². The lowest BCUT2D eigenvalue weighted by Crippen LogP contribution is -2.00. The molecule has 98 valence electrons. The van der Waals surface area contributed by atoms with Gasteiger partial charge in [-0.15, -0.1) is 0 Å². The van der Waals surface area contributed by atoms with Gasteiger partial charge in [0, 0.05) is 0 Å². The molecule has 0 radical (unpaired) electrons. The van der Waals surface area contributed by atoms with E-state index in [9.17, 15) is 4.57 Å². The van der Waals surface area contributed by atoms with Crippen LogP contribution in [0.1, 0.15) is 38.5 Å². The van der Waals surface area contributed by atoms with Crippen molar-refractivity contribution >= 4 is 8.25 Å². The summed E-state index contributed by atoms with van der Waals surface area (Å²) in [5.74, 6) is 0. The summed E-state index contributed by atoms with van der Waals surface area (Å²) in [4.78, 5) is 0. The van der Waals surface area contributed by atoms with E-state index in [-0.39, 0.29) is 0 Å². The molecule has 0 saturated carbocycles. The summed E-state index contributed by atoms with van der Waals surface area (Å²) < 4.78 is 19.9. The van der Waals surface area contributed by atoms with Crippen LogP contribution in [-0.2, 0) is 13.6 Å². The molecule has 1 saturated heterocycles. The molecule has 0 atom stereocenters. The molecule has 0 aromatic rings. The van der Waals surface area contributed by atoms with Crippen molar-refractivity contribution in [3.05, 3.63) is 0 Å². The molecule has 1 rings (SSSR count). The van der Waals surface area contributed by atoms with Crippen LogP contribution >= 0.6 is 8.25 Å². The maximum atomic E-state index is 10.4. The summed E-state index contributed by atoms with van der Waals surface area (Å²) in [5.41, 5.74) is 10.6. The Morgan fingerprint density at radius 3 is 1.69 bits per heavy atom. The van der Waals surface area contributed by atoms with Crippen molar-refractivity contribution < 1.29 is 13.6 Å². The van der Waals surface area contributed by atoms with Gasteiger partial charge in [0.05, 0.1) is 13.2 Å². The summed E-state index contributed by atoms with van der Waals surface area (Å²) in [6.45, 7) is 2.84. The Morgan fingerprint density at radius 2 is 1.31 bits per heavy atom. The fourth-order valence-electron chi connectivity index (χ4n) is 1.20. The van der Waals surface area contributed by atoms with Gasteiger partial charge in [0.25, 0.3) is 0 Å². The molecular formula is C10H25N2O3P. The summed E-state index contributed by atoms with van der Waals surface area (Å²) in [5, 5.41) is 0. The number of hydrogen-bond acceptors (Lipinski definition) is 5. The lowest BCUT2D eigenvalue weighted by Gasteiger charge is -1.94. The van der Waals surface area contributed by atoms with E-state index in [2.05, 4.69) is 0 Å². The second-order valence-electron chi connectivity index (χ2n) is 3.65. The minimum Gasteiger partial charge on any atom is -0.330 e. The molecule has 1 aliphatic heterocycles. The first-order valence-electron chi connectivity index (χ1n) is 6.01. The van der Waals surface area contributed by atoms with Crippen molar-refractivity contribution in [2.75, 3.05) is 26.3 Å².